The first kappa shape index (κ1) is 18.3. The molecule has 1 aromatic heterocycles. The maximum absolute atomic E-state index is 14.6. The van der Waals surface area contributed by atoms with E-state index in [0.717, 1.165) is 17.8 Å². The summed E-state index contributed by atoms with van der Waals surface area (Å²) in [5.41, 5.74) is 2.39. The lowest BCUT2D eigenvalue weighted by atomic mass is 9.93. The molecule has 0 unspecified atom stereocenters. The monoisotopic (exact) mass is 421 g/mol. The highest BCUT2D eigenvalue weighted by Crippen LogP contribution is 2.66. The fraction of sp³-hybridized carbons (Fsp3) is 0.500. The number of benzene rings is 1. The van der Waals surface area contributed by atoms with Gasteiger partial charge >= 0.3 is 0 Å². The molecule has 3 heterocycles. The zero-order chi connectivity index (χ0) is 19.8. The quantitative estimate of drug-likeness (QED) is 0.712. The van der Waals surface area contributed by atoms with Crippen molar-refractivity contribution in [1.82, 2.24) is 14.0 Å². The summed E-state index contributed by atoms with van der Waals surface area (Å²) >= 11 is 11.8. The van der Waals surface area contributed by atoms with Gasteiger partial charge in [-0.2, -0.15) is 0 Å². The van der Waals surface area contributed by atoms with Crippen molar-refractivity contribution in [3.05, 3.63) is 50.8 Å². The van der Waals surface area contributed by atoms with E-state index in [1.54, 1.807) is 17.0 Å². The number of nitrogens with zero attached hydrogens (tertiary/aromatic N) is 3. The van der Waals surface area contributed by atoms with Crippen LogP contribution in [0.25, 0.3) is 0 Å². The van der Waals surface area contributed by atoms with Crippen molar-refractivity contribution >= 4 is 29.7 Å². The fourth-order valence-electron chi connectivity index (χ4n) is 4.78. The van der Waals surface area contributed by atoms with Gasteiger partial charge in [-0.3, -0.25) is 4.79 Å². The molecule has 28 heavy (non-hydrogen) atoms. The van der Waals surface area contributed by atoms with Gasteiger partial charge < -0.3 is 18.8 Å². The minimum atomic E-state index is -0.294. The molecule has 1 saturated carbocycles. The van der Waals surface area contributed by atoms with Crippen molar-refractivity contribution in [2.75, 3.05) is 20.3 Å². The van der Waals surface area contributed by atoms with Crippen LogP contribution < -0.4 is 0 Å². The van der Waals surface area contributed by atoms with Crippen LogP contribution in [-0.4, -0.2) is 46.2 Å². The summed E-state index contributed by atoms with van der Waals surface area (Å²) in [6.45, 7) is 1.82. The zero-order valence-electron chi connectivity index (χ0n) is 15.7. The number of aromatic nitrogens is 2. The molecule has 1 aromatic carbocycles. The van der Waals surface area contributed by atoms with Crippen molar-refractivity contribution in [3.8, 4) is 0 Å². The highest BCUT2D eigenvalue weighted by atomic mass is 35.5. The Hall–Kier alpha value is -1.70. The third-order valence-corrected chi connectivity index (χ3v) is 7.43. The number of carbonyl (C=O) groups is 1. The summed E-state index contributed by atoms with van der Waals surface area (Å²) in [6.07, 6.45) is 1.15. The first-order valence-corrected chi connectivity index (χ1v) is 10.2. The Balaban J connectivity index is 1.49. The molecular formula is C20H21ClFN3O2S. The molecule has 148 valence electrons. The molecule has 0 bridgehead atoms. The highest BCUT2D eigenvalue weighted by molar-refractivity contribution is 7.71. The third kappa shape index (κ3) is 2.46. The van der Waals surface area contributed by atoms with E-state index in [2.05, 4.69) is 4.57 Å². The Morgan fingerprint density at radius 1 is 1.46 bits per heavy atom. The molecule has 5 nitrogen and oxygen atoms in total. The van der Waals surface area contributed by atoms with Crippen LogP contribution in [0, 0.1) is 10.6 Å². The van der Waals surface area contributed by atoms with Gasteiger partial charge in [0, 0.05) is 48.4 Å². The molecule has 1 aliphatic carbocycles. The number of likely N-dealkylation sites (N-methyl/N-ethyl adjacent to an activating group) is 1. The average Bonchev–Trinajstić information content (AvgIpc) is 3.17. The molecule has 0 radical (unpaired) electrons. The number of halogens is 2. The molecule has 5 rings (SSSR count). The lowest BCUT2D eigenvalue weighted by Crippen LogP contribution is -2.50. The number of fused-ring (bicyclic) bond motifs is 3. The van der Waals surface area contributed by atoms with Gasteiger partial charge in [0.25, 0.3) is 0 Å². The number of ether oxygens (including phenoxy) is 1. The van der Waals surface area contributed by atoms with Crippen LogP contribution in [-0.2, 0) is 35.0 Å². The maximum Gasteiger partial charge on any atom is 0.228 e. The lowest BCUT2D eigenvalue weighted by Gasteiger charge is -2.34. The van der Waals surface area contributed by atoms with Crippen LogP contribution in [0.3, 0.4) is 0 Å². The standard InChI is InChI=1S/C20H21ClFN3O2S/c1-23(12-8-27-9-12)17(26)6-16-18-14-7-20(14,10-25(18)19(28)24(16)2)13-5-11(21)3-4-15(13)22/h3-5,12,14H,6-10H2,1-2H3/t14-,20+/m0/s1. The second kappa shape index (κ2) is 6.15. The Kier molecular flexibility index (Phi) is 4.03. The molecule has 2 aliphatic heterocycles. The normalized spacial score (nSPS) is 25.2. The van der Waals surface area contributed by atoms with E-state index >= 15 is 0 Å². The predicted octanol–water partition coefficient (Wildman–Crippen LogP) is 3.19. The first-order valence-electron chi connectivity index (χ1n) is 9.40. The van der Waals surface area contributed by atoms with E-state index in [4.69, 9.17) is 28.6 Å². The fourth-order valence-corrected chi connectivity index (χ4v) is 5.22. The van der Waals surface area contributed by atoms with E-state index in [-0.39, 0.29) is 29.1 Å². The van der Waals surface area contributed by atoms with Crippen molar-refractivity contribution in [2.45, 2.75) is 36.8 Å². The van der Waals surface area contributed by atoms with E-state index in [0.29, 0.717) is 41.5 Å². The van der Waals surface area contributed by atoms with E-state index in [1.807, 2.05) is 18.7 Å². The summed E-state index contributed by atoms with van der Waals surface area (Å²) < 4.78 is 24.5. The van der Waals surface area contributed by atoms with Crippen LogP contribution in [0.1, 0.15) is 29.3 Å². The van der Waals surface area contributed by atoms with Gasteiger partial charge in [-0.05, 0) is 42.4 Å². The van der Waals surface area contributed by atoms with Gasteiger partial charge in [0.1, 0.15) is 5.82 Å². The largest absolute Gasteiger partial charge is 0.377 e. The SMILES string of the molecule is CN(C(=O)Cc1c2n(c(=S)n1C)C[C@@]1(c3cc(Cl)ccc3F)C[C@@H]21)C1COC1. The van der Waals surface area contributed by atoms with Crippen molar-refractivity contribution in [3.63, 3.8) is 0 Å². The maximum atomic E-state index is 14.6. The van der Waals surface area contributed by atoms with Gasteiger partial charge in [-0.1, -0.05) is 11.6 Å². The molecule has 0 N–H and O–H groups in total. The predicted molar refractivity (Wildman–Crippen MR) is 106 cm³/mol. The van der Waals surface area contributed by atoms with Crippen molar-refractivity contribution < 1.29 is 13.9 Å². The second-order valence-corrected chi connectivity index (χ2v) is 8.97. The van der Waals surface area contributed by atoms with E-state index in [1.165, 1.54) is 6.07 Å². The Labute approximate surface area is 172 Å². The number of hydrogen-bond acceptors (Lipinski definition) is 3. The molecule has 2 aromatic rings. The average molecular weight is 422 g/mol. The van der Waals surface area contributed by atoms with Gasteiger partial charge in [0.15, 0.2) is 4.77 Å². The first-order chi connectivity index (χ1) is 13.3. The number of imidazole rings is 1. The summed E-state index contributed by atoms with van der Waals surface area (Å²) in [7, 11) is 3.73. The second-order valence-electron chi connectivity index (χ2n) is 8.17. The van der Waals surface area contributed by atoms with Crippen LogP contribution in [0.15, 0.2) is 18.2 Å². The summed E-state index contributed by atoms with van der Waals surface area (Å²) in [6, 6.07) is 4.90. The molecule has 1 amide bonds. The third-order valence-electron chi connectivity index (χ3n) is 6.70. The van der Waals surface area contributed by atoms with Crippen LogP contribution >= 0.6 is 23.8 Å². The smallest absolute Gasteiger partial charge is 0.228 e. The number of hydrogen-bond donors (Lipinski definition) is 0. The van der Waals surface area contributed by atoms with Crippen LogP contribution in [0.2, 0.25) is 5.02 Å². The minimum Gasteiger partial charge on any atom is -0.377 e. The van der Waals surface area contributed by atoms with Crippen LogP contribution in [0.4, 0.5) is 4.39 Å². The number of carbonyl (C=O) groups excluding carboxylic acids is 1. The van der Waals surface area contributed by atoms with Gasteiger partial charge in [-0.15, -0.1) is 0 Å². The van der Waals surface area contributed by atoms with Gasteiger partial charge in [0.2, 0.25) is 5.91 Å². The molecule has 2 atom stereocenters. The number of rotatable bonds is 4. The molecular weight excluding hydrogens is 401 g/mol. The van der Waals surface area contributed by atoms with E-state index < -0.39 is 0 Å². The zero-order valence-corrected chi connectivity index (χ0v) is 17.3. The lowest BCUT2D eigenvalue weighted by molar-refractivity contribution is -0.141. The topological polar surface area (TPSA) is 39.4 Å². The number of amides is 1. The molecule has 2 fully saturated rings. The van der Waals surface area contributed by atoms with Crippen molar-refractivity contribution in [1.29, 1.82) is 0 Å². The molecule has 3 aliphatic rings. The summed E-state index contributed by atoms with van der Waals surface area (Å²) in [4.78, 5) is 14.6. The van der Waals surface area contributed by atoms with Crippen molar-refractivity contribution in [2.24, 2.45) is 7.05 Å². The summed E-state index contributed by atoms with van der Waals surface area (Å²) in [5, 5.41) is 0.539. The molecule has 1 saturated heterocycles. The Morgan fingerprint density at radius 3 is 2.89 bits per heavy atom. The minimum absolute atomic E-state index is 0.0550. The highest BCUT2D eigenvalue weighted by Gasteiger charge is 2.63. The Bertz CT molecular complexity index is 1060. The van der Waals surface area contributed by atoms with Gasteiger partial charge in [0.05, 0.1) is 25.7 Å². The Morgan fingerprint density at radius 2 is 2.21 bits per heavy atom. The van der Waals surface area contributed by atoms with E-state index in [9.17, 15) is 9.18 Å². The summed E-state index contributed by atoms with van der Waals surface area (Å²) in [5.74, 6) is -0.00168. The molecule has 0 spiro atoms. The molecule has 8 heteroatoms. The van der Waals surface area contributed by atoms with Crippen LogP contribution in [0.5, 0.6) is 0 Å². The van der Waals surface area contributed by atoms with Gasteiger partial charge in [-0.25, -0.2) is 4.39 Å².